The molecule has 0 radical (unpaired) electrons. The van der Waals surface area contributed by atoms with Crippen molar-refractivity contribution in [3.8, 4) is 5.82 Å². The molecule has 0 fully saturated rings. The lowest BCUT2D eigenvalue weighted by Gasteiger charge is -2.05. The van der Waals surface area contributed by atoms with Crippen molar-refractivity contribution in [3.63, 3.8) is 0 Å². The molecule has 0 bridgehead atoms. The molecule has 1 aromatic carbocycles. The lowest BCUT2D eigenvalue weighted by molar-refractivity contribution is 0.0518. The van der Waals surface area contributed by atoms with Crippen molar-refractivity contribution in [1.82, 2.24) is 45.1 Å². The van der Waals surface area contributed by atoms with E-state index in [4.69, 9.17) is 10.5 Å². The molecule has 0 unspecified atom stereocenters. The number of benzene rings is 1. The minimum Gasteiger partial charge on any atom is -0.461 e. The first-order chi connectivity index (χ1) is 15.6. The Morgan fingerprint density at radius 3 is 2.84 bits per heavy atom. The monoisotopic (exact) mass is 452 g/mol. The highest BCUT2D eigenvalue weighted by molar-refractivity contribution is 7.98. The molecule has 0 aliphatic heterocycles. The average molecular weight is 452 g/mol. The van der Waals surface area contributed by atoms with Crippen LogP contribution in [-0.4, -0.2) is 57.6 Å². The SMILES string of the molecule is CCOC(=O)c1nnn(-c2nonc2N)c1CSc1nnc2c3ccccc3n(C)c2n1. The molecular formula is C18H16N10O3S. The first-order valence-corrected chi connectivity index (χ1v) is 10.5. The number of thioether (sulfide) groups is 1. The van der Waals surface area contributed by atoms with E-state index in [1.807, 2.05) is 35.9 Å². The van der Waals surface area contributed by atoms with Crippen LogP contribution >= 0.6 is 11.8 Å². The third-order valence-corrected chi connectivity index (χ3v) is 5.60. The summed E-state index contributed by atoms with van der Waals surface area (Å²) in [5.74, 6) is -0.282. The van der Waals surface area contributed by atoms with Gasteiger partial charge >= 0.3 is 5.97 Å². The molecule has 0 aliphatic carbocycles. The fourth-order valence-corrected chi connectivity index (χ4v) is 4.06. The largest absolute Gasteiger partial charge is 0.461 e. The van der Waals surface area contributed by atoms with E-state index in [-0.39, 0.29) is 29.7 Å². The quantitative estimate of drug-likeness (QED) is 0.292. The number of nitrogen functional groups attached to an aromatic ring is 1. The van der Waals surface area contributed by atoms with Crippen LogP contribution in [-0.2, 0) is 17.5 Å². The van der Waals surface area contributed by atoms with Crippen molar-refractivity contribution in [2.75, 3.05) is 12.3 Å². The number of rotatable bonds is 6. The summed E-state index contributed by atoms with van der Waals surface area (Å²) >= 11 is 1.25. The molecule has 0 spiro atoms. The average Bonchev–Trinajstić information content (AvgIpc) is 3.49. The summed E-state index contributed by atoms with van der Waals surface area (Å²) in [6.45, 7) is 1.89. The van der Waals surface area contributed by atoms with Gasteiger partial charge in [0.05, 0.1) is 17.8 Å². The molecule has 13 nitrogen and oxygen atoms in total. The van der Waals surface area contributed by atoms with Crippen molar-refractivity contribution in [2.45, 2.75) is 17.8 Å². The maximum Gasteiger partial charge on any atom is 0.360 e. The van der Waals surface area contributed by atoms with Gasteiger partial charge in [-0.25, -0.2) is 14.4 Å². The van der Waals surface area contributed by atoms with Gasteiger partial charge in [0.25, 0.3) is 0 Å². The standard InChI is InChI=1S/C18H16N10O3S/c1-3-30-17(29)13-11(28(26-22-13)16-14(19)24-31-25-16)8-32-18-20-15-12(21-23-18)9-6-4-5-7-10(9)27(15)2/h4-7H,3,8H2,1-2H3,(H2,19,24). The highest BCUT2D eigenvalue weighted by Crippen LogP contribution is 2.28. The molecule has 4 heterocycles. The third kappa shape index (κ3) is 3.20. The Morgan fingerprint density at radius 2 is 2.06 bits per heavy atom. The molecular weight excluding hydrogens is 436 g/mol. The molecule has 32 heavy (non-hydrogen) atoms. The van der Waals surface area contributed by atoms with E-state index in [2.05, 4.69) is 40.4 Å². The summed E-state index contributed by atoms with van der Waals surface area (Å²) in [6, 6.07) is 7.88. The number of aromatic nitrogens is 9. The van der Waals surface area contributed by atoms with Crippen molar-refractivity contribution in [2.24, 2.45) is 7.05 Å². The molecule has 0 atom stereocenters. The normalized spacial score (nSPS) is 11.4. The summed E-state index contributed by atoms with van der Waals surface area (Å²) in [4.78, 5) is 17.0. The third-order valence-electron chi connectivity index (χ3n) is 4.75. The Labute approximate surface area is 183 Å². The number of esters is 1. The Balaban J connectivity index is 1.51. The van der Waals surface area contributed by atoms with E-state index in [9.17, 15) is 4.79 Å². The topological polar surface area (TPSA) is 166 Å². The summed E-state index contributed by atoms with van der Waals surface area (Å²) in [5, 5.41) is 25.2. The van der Waals surface area contributed by atoms with E-state index < -0.39 is 5.97 Å². The Kier molecular flexibility index (Phi) is 4.89. The number of ether oxygens (including phenoxy) is 1. The van der Waals surface area contributed by atoms with Crippen LogP contribution < -0.4 is 5.73 Å². The number of carbonyl (C=O) groups is 1. The fourth-order valence-electron chi connectivity index (χ4n) is 3.28. The molecule has 0 saturated carbocycles. The molecule has 0 amide bonds. The maximum atomic E-state index is 12.4. The lowest BCUT2D eigenvalue weighted by atomic mass is 10.2. The van der Waals surface area contributed by atoms with Gasteiger partial charge in [0.1, 0.15) is 5.52 Å². The number of para-hydroxylation sites is 1. The molecule has 5 aromatic rings. The summed E-state index contributed by atoms with van der Waals surface area (Å²) in [6.07, 6.45) is 0. The summed E-state index contributed by atoms with van der Waals surface area (Å²) < 4.78 is 13.0. The van der Waals surface area contributed by atoms with Gasteiger partial charge in [-0.2, -0.15) is 4.68 Å². The first-order valence-electron chi connectivity index (χ1n) is 9.49. The lowest BCUT2D eigenvalue weighted by Crippen LogP contribution is -2.11. The van der Waals surface area contributed by atoms with Crippen molar-refractivity contribution in [1.29, 1.82) is 0 Å². The minimum atomic E-state index is -0.618. The van der Waals surface area contributed by atoms with Crippen LogP contribution in [0.25, 0.3) is 27.9 Å². The second-order valence-corrected chi connectivity index (χ2v) is 7.56. The highest BCUT2D eigenvalue weighted by atomic mass is 32.2. The van der Waals surface area contributed by atoms with E-state index in [1.165, 1.54) is 16.4 Å². The molecule has 5 rings (SSSR count). The zero-order valence-corrected chi connectivity index (χ0v) is 17.8. The number of hydrogen-bond acceptors (Lipinski definition) is 12. The van der Waals surface area contributed by atoms with E-state index in [0.717, 1.165) is 10.9 Å². The predicted octanol–water partition coefficient (Wildman–Crippen LogP) is 1.53. The van der Waals surface area contributed by atoms with Gasteiger partial charge in [0.15, 0.2) is 11.3 Å². The van der Waals surface area contributed by atoms with Gasteiger partial charge in [-0.15, -0.1) is 15.3 Å². The Hall–Kier alpha value is -4.07. The maximum absolute atomic E-state index is 12.4. The second kappa shape index (κ2) is 7.88. The van der Waals surface area contributed by atoms with E-state index in [0.29, 0.717) is 22.0 Å². The molecule has 2 N–H and O–H groups in total. The predicted molar refractivity (Wildman–Crippen MR) is 113 cm³/mol. The molecule has 0 aliphatic rings. The van der Waals surface area contributed by atoms with Crippen LogP contribution in [0.4, 0.5) is 5.82 Å². The minimum absolute atomic E-state index is 0.00592. The van der Waals surface area contributed by atoms with Crippen LogP contribution in [0.15, 0.2) is 34.1 Å². The Bertz CT molecular complexity index is 1460. The number of hydrogen-bond donors (Lipinski definition) is 1. The Morgan fingerprint density at radius 1 is 1.22 bits per heavy atom. The van der Waals surface area contributed by atoms with Gasteiger partial charge in [-0.05, 0) is 23.3 Å². The fraction of sp³-hybridized carbons (Fsp3) is 0.222. The summed E-state index contributed by atoms with van der Waals surface area (Å²) in [5.41, 5.74) is 8.63. The zero-order chi connectivity index (χ0) is 22.2. The van der Waals surface area contributed by atoms with Gasteiger partial charge in [-0.1, -0.05) is 35.2 Å². The molecule has 4 aromatic heterocycles. The van der Waals surface area contributed by atoms with Crippen LogP contribution in [0.1, 0.15) is 23.1 Å². The van der Waals surface area contributed by atoms with Crippen LogP contribution in [0.3, 0.4) is 0 Å². The molecule has 162 valence electrons. The molecule has 14 heteroatoms. The van der Waals surface area contributed by atoms with Crippen molar-refractivity contribution >= 4 is 45.6 Å². The second-order valence-electron chi connectivity index (χ2n) is 6.62. The van der Waals surface area contributed by atoms with Gasteiger partial charge < -0.3 is 15.0 Å². The van der Waals surface area contributed by atoms with Gasteiger partial charge in [0.2, 0.25) is 16.8 Å². The van der Waals surface area contributed by atoms with Crippen LogP contribution in [0.2, 0.25) is 0 Å². The van der Waals surface area contributed by atoms with E-state index in [1.54, 1.807) is 6.92 Å². The van der Waals surface area contributed by atoms with E-state index >= 15 is 0 Å². The van der Waals surface area contributed by atoms with Crippen LogP contribution in [0.5, 0.6) is 0 Å². The number of nitrogens with two attached hydrogens (primary N) is 1. The summed E-state index contributed by atoms with van der Waals surface area (Å²) in [7, 11) is 1.92. The van der Waals surface area contributed by atoms with Crippen LogP contribution in [0, 0.1) is 0 Å². The number of nitrogens with zero attached hydrogens (tertiary/aromatic N) is 9. The smallest absolute Gasteiger partial charge is 0.360 e. The highest BCUT2D eigenvalue weighted by Gasteiger charge is 2.25. The van der Waals surface area contributed by atoms with Crippen molar-refractivity contribution in [3.05, 3.63) is 35.7 Å². The number of anilines is 1. The number of aryl methyl sites for hydroxylation is 1. The number of carbonyl (C=O) groups excluding carboxylic acids is 1. The van der Waals surface area contributed by atoms with Crippen molar-refractivity contribution < 1.29 is 14.2 Å². The van der Waals surface area contributed by atoms with Gasteiger partial charge in [-0.3, -0.25) is 0 Å². The number of fused-ring (bicyclic) bond motifs is 3. The molecule has 0 saturated heterocycles. The first kappa shape index (κ1) is 19.9. The zero-order valence-electron chi connectivity index (χ0n) is 17.0. The van der Waals surface area contributed by atoms with Gasteiger partial charge in [0, 0.05) is 18.2 Å².